The van der Waals surface area contributed by atoms with Crippen molar-refractivity contribution in [3.05, 3.63) is 172 Å². The lowest BCUT2D eigenvalue weighted by molar-refractivity contribution is -0.132. The maximum Gasteiger partial charge on any atom is 0.496 e. The van der Waals surface area contributed by atoms with Crippen LogP contribution >= 0.6 is 15.9 Å². The first-order chi connectivity index (χ1) is 36.0. The fourth-order valence-electron chi connectivity index (χ4n) is 7.43. The van der Waals surface area contributed by atoms with Crippen molar-refractivity contribution in [2.24, 2.45) is 10.2 Å². The van der Waals surface area contributed by atoms with Crippen LogP contribution in [-0.2, 0) is 46.7 Å². The number of amides is 3. The molecule has 0 aliphatic carbocycles. The van der Waals surface area contributed by atoms with Crippen LogP contribution in [0.1, 0.15) is 97.9 Å². The summed E-state index contributed by atoms with van der Waals surface area (Å²) in [4.78, 5) is 57.2. The number of hydrogen-bond donors (Lipinski definition) is 4. The van der Waals surface area contributed by atoms with E-state index in [1.165, 1.54) is 51.0 Å². The van der Waals surface area contributed by atoms with Crippen molar-refractivity contribution in [1.82, 2.24) is 25.0 Å². The van der Waals surface area contributed by atoms with E-state index < -0.39 is 5.97 Å². The van der Waals surface area contributed by atoms with Gasteiger partial charge in [-0.3, -0.25) is 14.4 Å². The zero-order valence-corrected chi connectivity index (χ0v) is 46.3. The molecule has 9 rings (SSSR count). The molecule has 398 valence electrons. The van der Waals surface area contributed by atoms with Crippen molar-refractivity contribution < 1.29 is 33.6 Å². The topological polar surface area (TPSA) is 241 Å². The number of nitrogen functional groups attached to an aromatic ring is 2. The van der Waals surface area contributed by atoms with Gasteiger partial charge >= 0.3 is 13.1 Å². The summed E-state index contributed by atoms with van der Waals surface area (Å²) in [5.41, 5.74) is 21.7. The minimum atomic E-state index is -1.05. The Balaban J connectivity index is 0.000000184. The van der Waals surface area contributed by atoms with Crippen molar-refractivity contribution >= 4 is 81.1 Å². The number of pyridine rings is 3. The van der Waals surface area contributed by atoms with Crippen LogP contribution in [-0.4, -0.2) is 97.6 Å². The Morgan fingerprint density at radius 2 is 1.07 bits per heavy atom. The van der Waals surface area contributed by atoms with Gasteiger partial charge in [-0.15, -0.1) is 0 Å². The number of benzene rings is 3. The van der Waals surface area contributed by atoms with Gasteiger partial charge in [0.2, 0.25) is 11.8 Å². The second kappa shape index (κ2) is 27.8. The molecule has 0 saturated carbocycles. The molecule has 6 N–H and O–H groups in total. The molecule has 3 aliphatic rings. The Labute approximate surface area is 454 Å². The molecule has 0 atom stereocenters. The average molecular weight is 1100 g/mol. The Hall–Kier alpha value is -7.61. The van der Waals surface area contributed by atoms with Gasteiger partial charge < -0.3 is 31.2 Å². The van der Waals surface area contributed by atoms with Gasteiger partial charge in [-0.1, -0.05) is 124 Å². The number of hydrogen-bond acceptors (Lipinski definition) is 13. The summed E-state index contributed by atoms with van der Waals surface area (Å²) < 4.78 is 11.8. The number of carbonyl (C=O) groups excluding carboxylic acids is 3. The van der Waals surface area contributed by atoms with Crippen LogP contribution in [0.4, 0.5) is 17.5 Å². The molecular formula is C57H68BBrN10O7. The number of aromatic nitrogens is 3. The van der Waals surface area contributed by atoms with Crippen LogP contribution in [0.5, 0.6) is 0 Å². The lowest BCUT2D eigenvalue weighted by atomic mass is 9.80. The standard InChI is InChI=1S/C19H20N4O2.C13H14N2.C11H17BN2O2.C8H9Br.C6H8N2O3/c1-13-4-3-5-14(10-13)11-15-6-8-17(20-12-15)21-19(25)16-7-9-18(24)23(2)22-16;1-10-3-2-4-11(7-10)8-12-5-6-13(14)15-9-12;1-10(2)11(3,4)16-12(15-10)8-5-6-9(13)14-7-8;1-7-3-2-4-8(5-7)6-9;1-8-5(9)3-2-4(7-8)6(10)11/h3-6,8,10,12H,7,9,11H2,1-2H3,(H,20,21,25);2-7,9H,8H2,1H3,(H2,14,15);5-7H,1-4H3,(H2,13,14);2-5H,6H2,1H3;2-3H2,1H3,(H,10,11). The summed E-state index contributed by atoms with van der Waals surface area (Å²) in [6.07, 6.45) is 8.11. The van der Waals surface area contributed by atoms with Crippen LogP contribution in [0.2, 0.25) is 0 Å². The summed E-state index contributed by atoms with van der Waals surface area (Å²) in [5, 5.41) is 22.0. The molecule has 6 heterocycles. The highest BCUT2D eigenvalue weighted by molar-refractivity contribution is 9.08. The Morgan fingerprint density at radius 3 is 1.47 bits per heavy atom. The largest absolute Gasteiger partial charge is 0.496 e. The number of halogens is 1. The summed E-state index contributed by atoms with van der Waals surface area (Å²) in [7, 11) is 2.63. The van der Waals surface area contributed by atoms with E-state index in [0.717, 1.165) is 34.2 Å². The zero-order valence-electron chi connectivity index (χ0n) is 44.7. The summed E-state index contributed by atoms with van der Waals surface area (Å²) in [5.74, 6) is -0.0590. The van der Waals surface area contributed by atoms with Gasteiger partial charge in [0.05, 0.1) is 11.2 Å². The highest BCUT2D eigenvalue weighted by Crippen LogP contribution is 2.36. The van der Waals surface area contributed by atoms with E-state index in [1.807, 2.05) is 64.2 Å². The number of alkyl halides is 1. The molecule has 76 heavy (non-hydrogen) atoms. The van der Waals surface area contributed by atoms with Crippen LogP contribution in [0, 0.1) is 20.8 Å². The number of nitrogens with one attached hydrogen (secondary N) is 1. The number of carboxylic acids is 1. The van der Waals surface area contributed by atoms with E-state index >= 15 is 0 Å². The van der Waals surface area contributed by atoms with Crippen molar-refractivity contribution in [2.75, 3.05) is 30.9 Å². The molecular weight excluding hydrogens is 1030 g/mol. The number of carbonyl (C=O) groups is 4. The van der Waals surface area contributed by atoms with Crippen molar-refractivity contribution in [1.29, 1.82) is 0 Å². The van der Waals surface area contributed by atoms with E-state index in [-0.39, 0.29) is 54.6 Å². The minimum Gasteiger partial charge on any atom is -0.477 e. The fourth-order valence-corrected chi connectivity index (χ4v) is 7.78. The lowest BCUT2D eigenvalue weighted by Gasteiger charge is -2.32. The number of aryl methyl sites for hydroxylation is 3. The Bertz CT molecular complexity index is 2970. The molecule has 0 unspecified atom stereocenters. The molecule has 6 aromatic rings. The third-order valence-corrected chi connectivity index (χ3v) is 13.0. The summed E-state index contributed by atoms with van der Waals surface area (Å²) >= 11 is 3.39. The quantitative estimate of drug-likeness (QED) is 0.0786. The average Bonchev–Trinajstić information content (AvgIpc) is 3.60. The van der Waals surface area contributed by atoms with Crippen molar-refractivity contribution in [2.45, 2.75) is 104 Å². The van der Waals surface area contributed by atoms with Gasteiger partial charge in [-0.05, 0) is 107 Å². The number of nitrogens with two attached hydrogens (primary N) is 2. The van der Waals surface area contributed by atoms with E-state index in [0.29, 0.717) is 36.0 Å². The van der Waals surface area contributed by atoms with Gasteiger partial charge in [0.1, 0.15) is 28.9 Å². The molecule has 3 aromatic heterocycles. The molecule has 0 spiro atoms. The maximum absolute atomic E-state index is 12.2. The number of aliphatic carboxylic acids is 1. The maximum atomic E-state index is 12.2. The molecule has 19 heteroatoms. The van der Waals surface area contributed by atoms with Crippen molar-refractivity contribution in [3.63, 3.8) is 0 Å². The molecule has 1 fully saturated rings. The normalized spacial score (nSPS) is 15.2. The van der Waals surface area contributed by atoms with Crippen LogP contribution in [0.3, 0.4) is 0 Å². The predicted octanol–water partition coefficient (Wildman–Crippen LogP) is 8.62. The molecule has 3 aliphatic heterocycles. The van der Waals surface area contributed by atoms with Gasteiger partial charge in [0, 0.05) is 69.2 Å². The molecule has 0 bridgehead atoms. The first-order valence-electron chi connectivity index (χ1n) is 24.7. The van der Waals surface area contributed by atoms with Gasteiger partial charge in [-0.2, -0.15) is 10.2 Å². The predicted molar refractivity (Wildman–Crippen MR) is 304 cm³/mol. The lowest BCUT2D eigenvalue weighted by Crippen LogP contribution is -2.41. The second-order valence-corrected chi connectivity index (χ2v) is 20.0. The van der Waals surface area contributed by atoms with E-state index in [2.05, 4.69) is 134 Å². The second-order valence-electron chi connectivity index (χ2n) is 19.4. The third kappa shape index (κ3) is 18.6. The summed E-state index contributed by atoms with van der Waals surface area (Å²) in [6.45, 7) is 14.4. The highest BCUT2D eigenvalue weighted by atomic mass is 79.9. The first kappa shape index (κ1) is 59.3. The van der Waals surface area contributed by atoms with Crippen LogP contribution in [0.25, 0.3) is 0 Å². The van der Waals surface area contributed by atoms with E-state index in [9.17, 15) is 19.2 Å². The van der Waals surface area contributed by atoms with Gasteiger partial charge in [0.15, 0.2) is 0 Å². The zero-order chi connectivity index (χ0) is 55.6. The molecule has 3 aromatic carbocycles. The Morgan fingerprint density at radius 1 is 0.618 bits per heavy atom. The van der Waals surface area contributed by atoms with Crippen molar-refractivity contribution in [3.8, 4) is 0 Å². The number of hydrazone groups is 2. The first-order valence-corrected chi connectivity index (χ1v) is 25.8. The van der Waals surface area contributed by atoms with Gasteiger partial charge in [0.25, 0.3) is 5.91 Å². The molecule has 0 radical (unpaired) electrons. The monoisotopic (exact) mass is 1090 g/mol. The number of rotatable bonds is 9. The number of nitrogens with zero attached hydrogens (tertiary/aromatic N) is 7. The number of carboxylic acid groups (broad SMARTS) is 1. The van der Waals surface area contributed by atoms with Crippen LogP contribution < -0.4 is 22.2 Å². The van der Waals surface area contributed by atoms with E-state index in [4.69, 9.17) is 25.9 Å². The highest BCUT2D eigenvalue weighted by Gasteiger charge is 2.51. The van der Waals surface area contributed by atoms with E-state index in [1.54, 1.807) is 31.6 Å². The molecule has 3 amide bonds. The Kier molecular flexibility index (Phi) is 21.7. The smallest absolute Gasteiger partial charge is 0.477 e. The SMILES string of the molecule is CC1(C)OB(c2ccc(N)nc2)OC1(C)C.CN1N=C(C(=O)O)CCC1=O.Cc1cccc(CBr)c1.Cc1cccc(Cc2ccc(N)nc2)c1.Cc1cccc(Cc2ccc(NC(=O)C3=NN(C)C(=O)CC3)nc2)c1. The minimum absolute atomic E-state index is 0.0482. The number of anilines is 3. The van der Waals surface area contributed by atoms with Crippen LogP contribution in [0.15, 0.2) is 138 Å². The fraction of sp³-hybridized carbons (Fsp3) is 0.316. The third-order valence-electron chi connectivity index (χ3n) is 12.4. The summed E-state index contributed by atoms with van der Waals surface area (Å²) in [6, 6.07) is 36.5. The molecule has 17 nitrogen and oxygen atoms in total. The molecule has 1 saturated heterocycles. The van der Waals surface area contributed by atoms with Gasteiger partial charge in [-0.25, -0.2) is 29.8 Å².